The van der Waals surface area contributed by atoms with E-state index in [1.807, 2.05) is 5.38 Å². The van der Waals surface area contributed by atoms with Gasteiger partial charge >= 0.3 is 0 Å². The highest BCUT2D eigenvalue weighted by atomic mass is 32.1. The van der Waals surface area contributed by atoms with Gasteiger partial charge in [0.1, 0.15) is 6.10 Å². The average molecular weight is 330 g/mol. The molecule has 1 fully saturated rings. The van der Waals surface area contributed by atoms with Crippen LogP contribution >= 0.6 is 11.3 Å². The molecule has 1 atom stereocenters. The van der Waals surface area contributed by atoms with Crippen LogP contribution in [0.1, 0.15) is 32.3 Å². The highest BCUT2D eigenvalue weighted by molar-refractivity contribution is 7.14. The lowest BCUT2D eigenvalue weighted by Crippen LogP contribution is -2.26. The summed E-state index contributed by atoms with van der Waals surface area (Å²) in [6, 6.07) is 8.50. The van der Waals surface area contributed by atoms with Crippen LogP contribution in [0, 0.1) is 5.92 Å². The van der Waals surface area contributed by atoms with Crippen LogP contribution in [0.2, 0.25) is 0 Å². The van der Waals surface area contributed by atoms with E-state index in [1.54, 1.807) is 0 Å². The van der Waals surface area contributed by atoms with Gasteiger partial charge in [-0.2, -0.15) is 0 Å². The van der Waals surface area contributed by atoms with E-state index in [0.717, 1.165) is 30.5 Å². The molecule has 1 aromatic heterocycles. The molecule has 4 nitrogen and oxygen atoms in total. The van der Waals surface area contributed by atoms with Crippen molar-refractivity contribution in [3.63, 3.8) is 0 Å². The summed E-state index contributed by atoms with van der Waals surface area (Å²) in [7, 11) is 0. The first-order valence-corrected chi connectivity index (χ1v) is 8.97. The molecule has 1 saturated heterocycles. The van der Waals surface area contributed by atoms with E-state index in [1.165, 1.54) is 16.9 Å². The molecule has 2 aromatic rings. The number of carbonyl (C=O) groups excluding carboxylic acids is 1. The molecule has 0 bridgehead atoms. The fraction of sp³-hybridized carbons (Fsp3) is 0.444. The molecule has 0 radical (unpaired) electrons. The van der Waals surface area contributed by atoms with Gasteiger partial charge in [0.15, 0.2) is 5.13 Å². The minimum Gasteiger partial charge on any atom is -0.368 e. The number of hydrogen-bond acceptors (Lipinski definition) is 4. The molecular weight excluding hydrogens is 308 g/mol. The smallest absolute Gasteiger partial charge is 0.255 e. The zero-order chi connectivity index (χ0) is 16.2. The Bertz CT molecular complexity index is 658. The third-order valence-electron chi connectivity index (χ3n) is 3.85. The molecule has 23 heavy (non-hydrogen) atoms. The van der Waals surface area contributed by atoms with E-state index in [2.05, 4.69) is 48.4 Å². The summed E-state index contributed by atoms with van der Waals surface area (Å²) < 4.78 is 5.39. The zero-order valence-corrected chi connectivity index (χ0v) is 14.4. The summed E-state index contributed by atoms with van der Waals surface area (Å²) in [6.07, 6.45) is 2.50. The number of benzene rings is 1. The Kier molecular flexibility index (Phi) is 5.08. The topological polar surface area (TPSA) is 51.2 Å². The number of nitrogens with one attached hydrogen (secondary N) is 1. The number of carbonyl (C=O) groups is 1. The predicted octanol–water partition coefficient (Wildman–Crippen LogP) is 4.13. The van der Waals surface area contributed by atoms with Crippen molar-refractivity contribution >= 4 is 22.4 Å². The summed E-state index contributed by atoms with van der Waals surface area (Å²) >= 11 is 1.45. The van der Waals surface area contributed by atoms with Crippen molar-refractivity contribution < 1.29 is 9.53 Å². The number of nitrogens with zero attached hydrogens (tertiary/aromatic N) is 1. The number of anilines is 1. The van der Waals surface area contributed by atoms with Crippen molar-refractivity contribution in [2.45, 2.75) is 39.2 Å². The summed E-state index contributed by atoms with van der Waals surface area (Å²) in [5.41, 5.74) is 3.31. The van der Waals surface area contributed by atoms with Crippen molar-refractivity contribution in [1.29, 1.82) is 0 Å². The summed E-state index contributed by atoms with van der Waals surface area (Å²) in [5.74, 6) is 0.565. The Morgan fingerprint density at radius 2 is 2.17 bits per heavy atom. The first kappa shape index (κ1) is 16.1. The highest BCUT2D eigenvalue weighted by Crippen LogP contribution is 2.26. The first-order chi connectivity index (χ1) is 11.1. The monoisotopic (exact) mass is 330 g/mol. The van der Waals surface area contributed by atoms with Gasteiger partial charge in [0.25, 0.3) is 5.91 Å². The SMILES string of the molecule is CC(C)Cc1ccc(-c2csc(NC(=O)[C@H]3CCCO3)n2)cc1. The van der Waals surface area contributed by atoms with E-state index in [9.17, 15) is 4.79 Å². The van der Waals surface area contributed by atoms with E-state index in [4.69, 9.17) is 4.74 Å². The maximum absolute atomic E-state index is 12.0. The number of aromatic nitrogens is 1. The van der Waals surface area contributed by atoms with E-state index < -0.39 is 0 Å². The van der Waals surface area contributed by atoms with Gasteiger partial charge in [-0.25, -0.2) is 4.98 Å². The molecular formula is C18H22N2O2S. The van der Waals surface area contributed by atoms with Gasteiger partial charge in [-0.15, -0.1) is 11.3 Å². The summed E-state index contributed by atoms with van der Waals surface area (Å²) in [5, 5.41) is 5.46. The predicted molar refractivity (Wildman–Crippen MR) is 93.7 cm³/mol. The second-order valence-electron chi connectivity index (χ2n) is 6.32. The highest BCUT2D eigenvalue weighted by Gasteiger charge is 2.24. The minimum absolute atomic E-state index is 0.0873. The standard InChI is InChI=1S/C18H22N2O2S/c1-12(2)10-13-5-7-14(8-6-13)15-11-23-18(19-15)20-17(21)16-4-3-9-22-16/h5-8,11-12,16H,3-4,9-10H2,1-2H3,(H,19,20,21)/t16-/m1/s1. The van der Waals surface area contributed by atoms with Crippen molar-refractivity contribution in [3.05, 3.63) is 35.2 Å². The zero-order valence-electron chi connectivity index (χ0n) is 13.5. The van der Waals surface area contributed by atoms with Gasteiger partial charge in [-0.05, 0) is 30.7 Å². The van der Waals surface area contributed by atoms with Gasteiger partial charge < -0.3 is 4.74 Å². The molecule has 1 aromatic carbocycles. The fourth-order valence-corrected chi connectivity index (χ4v) is 3.44. The lowest BCUT2D eigenvalue weighted by molar-refractivity contribution is -0.124. The molecule has 3 rings (SSSR count). The Hall–Kier alpha value is -1.72. The van der Waals surface area contributed by atoms with Crippen molar-refractivity contribution in [1.82, 2.24) is 4.98 Å². The minimum atomic E-state index is -0.322. The second kappa shape index (κ2) is 7.23. The first-order valence-electron chi connectivity index (χ1n) is 8.09. The van der Waals surface area contributed by atoms with Gasteiger partial charge in [0, 0.05) is 17.6 Å². The Morgan fingerprint density at radius 1 is 1.39 bits per heavy atom. The molecule has 0 spiro atoms. The molecule has 1 aliphatic heterocycles. The second-order valence-corrected chi connectivity index (χ2v) is 7.18. The quantitative estimate of drug-likeness (QED) is 0.897. The molecule has 1 aliphatic rings. The summed E-state index contributed by atoms with van der Waals surface area (Å²) in [4.78, 5) is 16.6. The molecule has 5 heteroatoms. The molecule has 1 amide bonds. The Balaban J connectivity index is 1.65. The van der Waals surface area contributed by atoms with Gasteiger partial charge in [0.2, 0.25) is 0 Å². The number of ether oxygens (including phenoxy) is 1. The normalized spacial score (nSPS) is 17.6. The van der Waals surface area contributed by atoms with Crippen molar-refractivity contribution in [2.24, 2.45) is 5.92 Å². The number of hydrogen-bond donors (Lipinski definition) is 1. The van der Waals surface area contributed by atoms with E-state index in [0.29, 0.717) is 17.7 Å². The van der Waals surface area contributed by atoms with Crippen molar-refractivity contribution in [2.75, 3.05) is 11.9 Å². The lowest BCUT2D eigenvalue weighted by Gasteiger charge is -2.07. The van der Waals surface area contributed by atoms with E-state index in [-0.39, 0.29) is 12.0 Å². The third kappa shape index (κ3) is 4.18. The Morgan fingerprint density at radius 3 is 2.83 bits per heavy atom. The van der Waals surface area contributed by atoms with Gasteiger partial charge in [-0.1, -0.05) is 38.1 Å². The van der Waals surface area contributed by atoms with Gasteiger partial charge in [0.05, 0.1) is 5.69 Å². The van der Waals surface area contributed by atoms with Crippen molar-refractivity contribution in [3.8, 4) is 11.3 Å². The molecule has 1 N–H and O–H groups in total. The molecule has 122 valence electrons. The van der Waals surface area contributed by atoms with Crippen LogP contribution in [-0.2, 0) is 16.0 Å². The fourth-order valence-electron chi connectivity index (χ4n) is 2.72. The van der Waals surface area contributed by atoms with Crippen LogP contribution in [0.3, 0.4) is 0 Å². The molecule has 2 heterocycles. The maximum Gasteiger partial charge on any atom is 0.255 e. The third-order valence-corrected chi connectivity index (χ3v) is 4.61. The van der Waals surface area contributed by atoms with E-state index >= 15 is 0 Å². The van der Waals surface area contributed by atoms with Crippen LogP contribution in [0.15, 0.2) is 29.6 Å². The van der Waals surface area contributed by atoms with Crippen LogP contribution in [0.5, 0.6) is 0 Å². The average Bonchev–Trinajstić information content (AvgIpc) is 3.18. The van der Waals surface area contributed by atoms with Crippen LogP contribution in [0.25, 0.3) is 11.3 Å². The van der Waals surface area contributed by atoms with Crippen LogP contribution < -0.4 is 5.32 Å². The van der Waals surface area contributed by atoms with Crippen LogP contribution in [0.4, 0.5) is 5.13 Å². The van der Waals surface area contributed by atoms with Gasteiger partial charge in [-0.3, -0.25) is 10.1 Å². The molecule has 0 aliphatic carbocycles. The number of rotatable bonds is 5. The van der Waals surface area contributed by atoms with Crippen LogP contribution in [-0.4, -0.2) is 23.6 Å². The molecule has 0 saturated carbocycles. The lowest BCUT2D eigenvalue weighted by atomic mass is 10.0. The summed E-state index contributed by atoms with van der Waals surface area (Å²) in [6.45, 7) is 5.11. The molecule has 0 unspecified atom stereocenters. The largest absolute Gasteiger partial charge is 0.368 e. The number of amides is 1. The Labute approximate surface area is 140 Å². The number of thiazole rings is 1. The maximum atomic E-state index is 12.0.